The number of amides is 1. The molecule has 2 aromatic carbocycles. The van der Waals surface area contributed by atoms with Crippen molar-refractivity contribution in [1.29, 1.82) is 0 Å². The number of carbonyl (C=O) groups is 2. The van der Waals surface area contributed by atoms with Crippen LogP contribution in [-0.4, -0.2) is 29.2 Å². The lowest BCUT2D eigenvalue weighted by atomic mass is 9.82. The van der Waals surface area contributed by atoms with Crippen LogP contribution in [0.4, 0.5) is 5.69 Å². The van der Waals surface area contributed by atoms with Crippen LogP contribution < -0.4 is 5.32 Å². The number of rotatable bonds is 3. The second kappa shape index (κ2) is 5.21. The molecule has 2 aliphatic rings. The van der Waals surface area contributed by atoms with Crippen molar-refractivity contribution in [3.05, 3.63) is 54.6 Å². The summed E-state index contributed by atoms with van der Waals surface area (Å²) in [7, 11) is 0. The van der Waals surface area contributed by atoms with E-state index in [9.17, 15) is 14.7 Å². The zero-order valence-corrected chi connectivity index (χ0v) is 12.2. The second-order valence-corrected chi connectivity index (χ2v) is 5.86. The van der Waals surface area contributed by atoms with Crippen molar-refractivity contribution in [3.8, 4) is 0 Å². The predicted molar refractivity (Wildman–Crippen MR) is 85.0 cm³/mol. The van der Waals surface area contributed by atoms with Crippen molar-refractivity contribution >= 4 is 28.3 Å². The maximum absolute atomic E-state index is 12.7. The summed E-state index contributed by atoms with van der Waals surface area (Å²) < 4.78 is 5.55. The minimum absolute atomic E-state index is 0.314. The van der Waals surface area contributed by atoms with Gasteiger partial charge in [0.15, 0.2) is 0 Å². The Labute approximate surface area is 132 Å². The summed E-state index contributed by atoms with van der Waals surface area (Å²) in [5.74, 6) is -2.85. The maximum Gasteiger partial charge on any atom is 0.310 e. The number of hydrogen-bond acceptors (Lipinski definition) is 3. The fraction of sp³-hybridized carbons (Fsp3) is 0.222. The van der Waals surface area contributed by atoms with Gasteiger partial charge in [-0.15, -0.1) is 0 Å². The third-order valence-electron chi connectivity index (χ3n) is 4.53. The van der Waals surface area contributed by atoms with Crippen LogP contribution in [0.5, 0.6) is 0 Å². The van der Waals surface area contributed by atoms with E-state index in [1.54, 1.807) is 12.2 Å². The summed E-state index contributed by atoms with van der Waals surface area (Å²) in [5, 5.41) is 14.2. The van der Waals surface area contributed by atoms with E-state index in [2.05, 4.69) is 5.32 Å². The van der Waals surface area contributed by atoms with E-state index in [-0.39, 0.29) is 5.91 Å². The van der Waals surface area contributed by atoms with Gasteiger partial charge in [-0.05, 0) is 11.5 Å². The Morgan fingerprint density at radius 1 is 0.957 bits per heavy atom. The molecule has 4 atom stereocenters. The van der Waals surface area contributed by atoms with Crippen molar-refractivity contribution in [2.75, 3.05) is 5.32 Å². The van der Waals surface area contributed by atoms with Crippen LogP contribution in [0, 0.1) is 11.8 Å². The van der Waals surface area contributed by atoms with E-state index < -0.39 is 30.0 Å². The zero-order chi connectivity index (χ0) is 16.0. The van der Waals surface area contributed by atoms with Crippen LogP contribution in [0.25, 0.3) is 10.8 Å². The molecule has 0 radical (unpaired) electrons. The van der Waals surface area contributed by atoms with Gasteiger partial charge in [0.05, 0.1) is 18.1 Å². The normalized spacial score (nSPS) is 28.2. The van der Waals surface area contributed by atoms with Gasteiger partial charge in [0.1, 0.15) is 5.92 Å². The van der Waals surface area contributed by atoms with Crippen LogP contribution >= 0.6 is 0 Å². The van der Waals surface area contributed by atoms with E-state index >= 15 is 0 Å². The van der Waals surface area contributed by atoms with Crippen LogP contribution in [-0.2, 0) is 14.3 Å². The first-order valence-electron chi connectivity index (χ1n) is 7.50. The topological polar surface area (TPSA) is 75.6 Å². The molecule has 4 rings (SSSR count). The molecule has 1 fully saturated rings. The summed E-state index contributed by atoms with van der Waals surface area (Å²) >= 11 is 0. The molecule has 0 unspecified atom stereocenters. The highest BCUT2D eigenvalue weighted by molar-refractivity contribution is 6.04. The third kappa shape index (κ3) is 2.21. The van der Waals surface area contributed by atoms with Gasteiger partial charge in [-0.25, -0.2) is 0 Å². The monoisotopic (exact) mass is 309 g/mol. The van der Waals surface area contributed by atoms with Crippen LogP contribution in [0.2, 0.25) is 0 Å². The molecule has 2 aromatic rings. The summed E-state index contributed by atoms with van der Waals surface area (Å²) in [4.78, 5) is 24.2. The fourth-order valence-corrected chi connectivity index (χ4v) is 3.47. The summed E-state index contributed by atoms with van der Waals surface area (Å²) in [5.41, 5.74) is 0.684. The van der Waals surface area contributed by atoms with Crippen LogP contribution in [0.1, 0.15) is 0 Å². The average molecular weight is 309 g/mol. The number of nitrogens with one attached hydrogen (secondary N) is 1. The van der Waals surface area contributed by atoms with Crippen LogP contribution in [0.3, 0.4) is 0 Å². The largest absolute Gasteiger partial charge is 0.481 e. The Morgan fingerprint density at radius 3 is 2.43 bits per heavy atom. The lowest BCUT2D eigenvalue weighted by Crippen LogP contribution is -2.39. The van der Waals surface area contributed by atoms with Crippen molar-refractivity contribution in [3.63, 3.8) is 0 Å². The Balaban J connectivity index is 1.65. The standard InChI is InChI=1S/C18H15NO4/c20-17(15-13-8-9-14(23-13)16(15)18(21)22)19-12-7-3-5-10-4-1-2-6-11(10)12/h1-9,13-16H,(H,19,20)(H,21,22)/t13-,14+,15-,16+/m1/s1. The maximum atomic E-state index is 12.7. The van der Waals surface area contributed by atoms with Gasteiger partial charge in [0.25, 0.3) is 0 Å². The number of carbonyl (C=O) groups excluding carboxylic acids is 1. The van der Waals surface area contributed by atoms with Gasteiger partial charge in [-0.2, -0.15) is 0 Å². The Morgan fingerprint density at radius 2 is 1.65 bits per heavy atom. The minimum Gasteiger partial charge on any atom is -0.481 e. The van der Waals surface area contributed by atoms with Gasteiger partial charge >= 0.3 is 5.97 Å². The Hall–Kier alpha value is -2.66. The summed E-state index contributed by atoms with van der Waals surface area (Å²) in [6, 6.07) is 13.4. The van der Waals surface area contributed by atoms with Crippen molar-refractivity contribution in [2.45, 2.75) is 12.2 Å². The molecular weight excluding hydrogens is 294 g/mol. The smallest absolute Gasteiger partial charge is 0.310 e. The third-order valence-corrected chi connectivity index (χ3v) is 4.53. The highest BCUT2D eigenvalue weighted by Crippen LogP contribution is 2.40. The number of benzene rings is 2. The van der Waals surface area contributed by atoms with Gasteiger partial charge < -0.3 is 15.2 Å². The van der Waals surface area contributed by atoms with Crippen molar-refractivity contribution in [2.24, 2.45) is 11.8 Å². The average Bonchev–Trinajstić information content (AvgIpc) is 3.16. The van der Waals surface area contributed by atoms with Gasteiger partial charge in [-0.3, -0.25) is 9.59 Å². The summed E-state index contributed by atoms with van der Waals surface area (Å²) in [6.07, 6.45) is 2.53. The van der Waals surface area contributed by atoms with E-state index in [1.165, 1.54) is 0 Å². The molecule has 2 aliphatic heterocycles. The number of anilines is 1. The molecule has 0 saturated carbocycles. The molecular formula is C18H15NO4. The molecule has 5 heteroatoms. The zero-order valence-electron chi connectivity index (χ0n) is 12.2. The molecule has 2 N–H and O–H groups in total. The molecule has 1 amide bonds. The van der Waals surface area contributed by atoms with E-state index in [4.69, 9.17) is 4.74 Å². The first-order valence-corrected chi connectivity index (χ1v) is 7.50. The highest BCUT2D eigenvalue weighted by Gasteiger charge is 2.53. The van der Waals surface area contributed by atoms with Gasteiger partial charge in [0.2, 0.25) is 5.91 Å². The lowest BCUT2D eigenvalue weighted by molar-refractivity contribution is -0.145. The van der Waals surface area contributed by atoms with Crippen molar-refractivity contribution < 1.29 is 19.4 Å². The molecule has 2 bridgehead atoms. The highest BCUT2D eigenvalue weighted by atomic mass is 16.5. The Kier molecular flexibility index (Phi) is 3.16. The van der Waals surface area contributed by atoms with E-state index in [0.717, 1.165) is 10.8 Å². The number of ether oxygens (including phenoxy) is 1. The number of carboxylic acid groups (broad SMARTS) is 1. The summed E-state index contributed by atoms with van der Waals surface area (Å²) in [6.45, 7) is 0. The number of carboxylic acids is 1. The molecule has 0 spiro atoms. The van der Waals surface area contributed by atoms with Gasteiger partial charge in [0, 0.05) is 11.1 Å². The second-order valence-electron chi connectivity index (χ2n) is 5.86. The molecule has 1 saturated heterocycles. The fourth-order valence-electron chi connectivity index (χ4n) is 3.47. The molecule has 2 heterocycles. The molecule has 116 valence electrons. The molecule has 5 nitrogen and oxygen atoms in total. The van der Waals surface area contributed by atoms with Crippen LogP contribution in [0.15, 0.2) is 54.6 Å². The number of fused-ring (bicyclic) bond motifs is 3. The predicted octanol–water partition coefficient (Wildman–Crippen LogP) is 2.43. The lowest BCUT2D eigenvalue weighted by Gasteiger charge is -2.21. The van der Waals surface area contributed by atoms with Gasteiger partial charge in [-0.1, -0.05) is 48.6 Å². The van der Waals surface area contributed by atoms with E-state index in [1.807, 2.05) is 42.5 Å². The first-order chi connectivity index (χ1) is 11.1. The molecule has 0 aromatic heterocycles. The minimum atomic E-state index is -1.00. The first kappa shape index (κ1) is 14.0. The van der Waals surface area contributed by atoms with E-state index in [0.29, 0.717) is 5.69 Å². The quantitative estimate of drug-likeness (QED) is 0.854. The SMILES string of the molecule is O=C(O)[C@@H]1[C@H](C(=O)Nc2cccc3ccccc23)[C@H]2C=C[C@@H]1O2. The number of hydrogen-bond donors (Lipinski definition) is 2. The molecule has 23 heavy (non-hydrogen) atoms. The number of aliphatic carboxylic acids is 1. The molecule has 0 aliphatic carbocycles. The Bertz CT molecular complexity index is 823. The van der Waals surface area contributed by atoms with Crippen molar-refractivity contribution in [1.82, 2.24) is 0 Å².